The summed E-state index contributed by atoms with van der Waals surface area (Å²) in [5.74, 6) is -0.296. The van der Waals surface area contributed by atoms with Crippen LogP contribution in [0.15, 0.2) is 0 Å². The number of carbonyl (C=O) groups is 2. The van der Waals surface area contributed by atoms with E-state index in [1.165, 1.54) is 0 Å². The minimum absolute atomic E-state index is 0.148. The Hall–Kier alpha value is -0.860. The van der Waals surface area contributed by atoms with Crippen molar-refractivity contribution in [2.45, 2.75) is 26.7 Å². The second kappa shape index (κ2) is 4.06. The highest BCUT2D eigenvalue weighted by molar-refractivity contribution is 6.01. The van der Waals surface area contributed by atoms with E-state index in [9.17, 15) is 9.59 Å². The molecule has 3 heteroatoms. The maximum atomic E-state index is 10.1. The average molecular weight is 129 g/mol. The molecule has 9 heavy (non-hydrogen) atoms. The highest BCUT2D eigenvalue weighted by atomic mass is 16.2. The summed E-state index contributed by atoms with van der Waals surface area (Å²) in [6.07, 6.45) is 0.748. The average Bonchev–Trinajstić information content (AvgIpc) is 2.20. The predicted octanol–water partition coefficient (Wildman–Crippen LogP) is 0.449. The third kappa shape index (κ3) is 2.85. The monoisotopic (exact) mass is 129 g/mol. The Kier molecular flexibility index (Phi) is 3.67. The van der Waals surface area contributed by atoms with Crippen LogP contribution in [0.2, 0.25) is 0 Å². The van der Waals surface area contributed by atoms with E-state index in [1.54, 1.807) is 0 Å². The van der Waals surface area contributed by atoms with Crippen LogP contribution in [0.5, 0.6) is 0 Å². The molecule has 0 spiro atoms. The molecule has 0 aliphatic carbocycles. The van der Waals surface area contributed by atoms with Crippen LogP contribution in [0.4, 0.5) is 0 Å². The van der Waals surface area contributed by atoms with Crippen molar-refractivity contribution >= 4 is 11.8 Å². The second-order valence-electron chi connectivity index (χ2n) is 1.47. The zero-order chi connectivity index (χ0) is 7.28. The molecule has 52 valence electrons. The van der Waals surface area contributed by atoms with E-state index in [1.807, 2.05) is 13.8 Å². The molecule has 0 atom stereocenters. The zero-order valence-electron chi connectivity index (χ0n) is 5.73. The van der Waals surface area contributed by atoms with Crippen molar-refractivity contribution in [1.29, 1.82) is 0 Å². The fourth-order valence-electron chi connectivity index (χ4n) is 0.508. The minimum Gasteiger partial charge on any atom is -0.296 e. The summed E-state index contributed by atoms with van der Waals surface area (Å²) in [5.41, 5.74) is 0. The van der Waals surface area contributed by atoms with Crippen molar-refractivity contribution in [3.8, 4) is 0 Å². The largest absolute Gasteiger partial charge is 0.296 e. The molecule has 0 aromatic heterocycles. The van der Waals surface area contributed by atoms with Gasteiger partial charge in [-0.1, -0.05) is 13.8 Å². The van der Waals surface area contributed by atoms with Crippen molar-refractivity contribution in [2.24, 2.45) is 0 Å². The van der Waals surface area contributed by atoms with E-state index in [4.69, 9.17) is 0 Å². The molecule has 1 rings (SSSR count). The Morgan fingerprint density at radius 1 is 1.11 bits per heavy atom. The van der Waals surface area contributed by atoms with Crippen LogP contribution in [0, 0.1) is 0 Å². The molecule has 0 aromatic carbocycles. The molecule has 1 aliphatic heterocycles. The van der Waals surface area contributed by atoms with Gasteiger partial charge in [0.25, 0.3) is 0 Å². The lowest BCUT2D eigenvalue weighted by Crippen LogP contribution is -2.18. The molecule has 0 aromatic rings. The van der Waals surface area contributed by atoms with E-state index < -0.39 is 0 Å². The lowest BCUT2D eigenvalue weighted by Gasteiger charge is -1.79. The number of nitrogens with one attached hydrogen (secondary N) is 1. The van der Waals surface area contributed by atoms with Gasteiger partial charge in [-0.05, 0) is 0 Å². The van der Waals surface area contributed by atoms with Gasteiger partial charge in [-0.2, -0.15) is 0 Å². The Balaban J connectivity index is 0.000000291. The Bertz CT molecular complexity index is 106. The summed E-state index contributed by atoms with van der Waals surface area (Å²) in [6, 6.07) is 0. The summed E-state index contributed by atoms with van der Waals surface area (Å²) < 4.78 is 0. The molecule has 2 amide bonds. The molecule has 3 nitrogen and oxygen atoms in total. The number of amides is 2. The van der Waals surface area contributed by atoms with Gasteiger partial charge in [-0.3, -0.25) is 14.9 Å². The van der Waals surface area contributed by atoms with Crippen LogP contribution in [0.3, 0.4) is 0 Å². The van der Waals surface area contributed by atoms with Crippen LogP contribution in [-0.2, 0) is 9.59 Å². The van der Waals surface area contributed by atoms with E-state index in [0.717, 1.165) is 0 Å². The number of hydrogen-bond acceptors (Lipinski definition) is 2. The lowest BCUT2D eigenvalue weighted by molar-refractivity contribution is -0.124. The molecular weight excluding hydrogens is 118 g/mol. The maximum absolute atomic E-state index is 10.1. The Morgan fingerprint density at radius 3 is 1.56 bits per heavy atom. The summed E-state index contributed by atoms with van der Waals surface area (Å²) in [4.78, 5) is 20.2. The Morgan fingerprint density at radius 2 is 1.44 bits per heavy atom. The van der Waals surface area contributed by atoms with Crippen LogP contribution in [-0.4, -0.2) is 11.8 Å². The standard InChI is InChI=1S/C4H5NO2.C2H6/c6-3-1-2-4(7)5-3;1-2/h1-2H2,(H,5,6,7);1-2H3. The van der Waals surface area contributed by atoms with Crippen LogP contribution < -0.4 is 5.32 Å². The fourth-order valence-corrected chi connectivity index (χ4v) is 0.508. The molecule has 1 N–H and O–H groups in total. The van der Waals surface area contributed by atoms with Gasteiger partial charge in [-0.15, -0.1) is 0 Å². The molecule has 0 radical (unpaired) electrons. The SMILES string of the molecule is CC.O=C1CCC(=O)N1. The first kappa shape index (κ1) is 8.14. The van der Waals surface area contributed by atoms with Crippen molar-refractivity contribution in [3.05, 3.63) is 0 Å². The van der Waals surface area contributed by atoms with Crippen LogP contribution in [0.25, 0.3) is 0 Å². The lowest BCUT2D eigenvalue weighted by atomic mass is 10.4. The highest BCUT2D eigenvalue weighted by Gasteiger charge is 2.15. The molecule has 0 saturated carbocycles. The van der Waals surface area contributed by atoms with E-state index >= 15 is 0 Å². The number of hydrogen-bond donors (Lipinski definition) is 1. The summed E-state index contributed by atoms with van der Waals surface area (Å²) in [6.45, 7) is 4.00. The van der Waals surface area contributed by atoms with Gasteiger partial charge in [0.1, 0.15) is 0 Å². The van der Waals surface area contributed by atoms with Crippen molar-refractivity contribution < 1.29 is 9.59 Å². The number of imide groups is 1. The first-order chi connectivity index (χ1) is 4.29. The predicted molar refractivity (Wildman–Crippen MR) is 33.7 cm³/mol. The molecule has 0 bridgehead atoms. The fraction of sp³-hybridized carbons (Fsp3) is 0.667. The minimum atomic E-state index is -0.148. The third-order valence-corrected chi connectivity index (χ3v) is 0.858. The first-order valence-electron chi connectivity index (χ1n) is 3.12. The second-order valence-corrected chi connectivity index (χ2v) is 1.47. The maximum Gasteiger partial charge on any atom is 0.227 e. The van der Waals surface area contributed by atoms with Crippen LogP contribution in [0.1, 0.15) is 26.7 Å². The van der Waals surface area contributed by atoms with E-state index in [0.29, 0.717) is 12.8 Å². The van der Waals surface area contributed by atoms with Crippen LogP contribution >= 0.6 is 0 Å². The van der Waals surface area contributed by atoms with Gasteiger partial charge < -0.3 is 0 Å². The van der Waals surface area contributed by atoms with Gasteiger partial charge in [0.05, 0.1) is 0 Å². The first-order valence-corrected chi connectivity index (χ1v) is 3.12. The molecule has 1 heterocycles. The summed E-state index contributed by atoms with van der Waals surface area (Å²) in [7, 11) is 0. The smallest absolute Gasteiger partial charge is 0.227 e. The van der Waals surface area contributed by atoms with Crippen molar-refractivity contribution in [1.82, 2.24) is 5.32 Å². The molecule has 1 saturated heterocycles. The number of rotatable bonds is 0. The topological polar surface area (TPSA) is 46.2 Å². The molecule has 0 unspecified atom stereocenters. The van der Waals surface area contributed by atoms with Crippen molar-refractivity contribution in [2.75, 3.05) is 0 Å². The van der Waals surface area contributed by atoms with E-state index in [-0.39, 0.29) is 11.8 Å². The Labute approximate surface area is 54.4 Å². The zero-order valence-corrected chi connectivity index (χ0v) is 5.73. The molecule has 1 fully saturated rings. The third-order valence-electron chi connectivity index (χ3n) is 0.858. The van der Waals surface area contributed by atoms with Crippen molar-refractivity contribution in [3.63, 3.8) is 0 Å². The van der Waals surface area contributed by atoms with E-state index in [2.05, 4.69) is 5.32 Å². The quantitative estimate of drug-likeness (QED) is 0.483. The van der Waals surface area contributed by atoms with Gasteiger partial charge in [0.15, 0.2) is 0 Å². The van der Waals surface area contributed by atoms with Gasteiger partial charge >= 0.3 is 0 Å². The molecule has 1 aliphatic rings. The highest BCUT2D eigenvalue weighted by Crippen LogP contribution is 1.95. The van der Waals surface area contributed by atoms with Gasteiger partial charge in [-0.25, -0.2) is 0 Å². The van der Waals surface area contributed by atoms with Gasteiger partial charge in [0.2, 0.25) is 11.8 Å². The van der Waals surface area contributed by atoms with Gasteiger partial charge in [0, 0.05) is 12.8 Å². The normalized spacial score (nSPS) is 16.2. The summed E-state index contributed by atoms with van der Waals surface area (Å²) in [5, 5.41) is 2.14. The summed E-state index contributed by atoms with van der Waals surface area (Å²) >= 11 is 0. The molecular formula is C6H11NO2. The number of carbonyl (C=O) groups excluding carboxylic acids is 2.